The molecule has 0 aliphatic carbocycles. The van der Waals surface area contributed by atoms with E-state index in [0.717, 1.165) is 0 Å². The molecule has 0 radical (unpaired) electrons. The molecule has 0 fully saturated rings. The number of nitrogens with zero attached hydrogens (tertiary/aromatic N) is 2. The zero-order valence-electron chi connectivity index (χ0n) is 12.8. The SMILES string of the molecule is C[C@@H](NCCNS(=O)(=O)c1ccccc1)[C@H](C)n1cccn1. The van der Waals surface area contributed by atoms with E-state index < -0.39 is 10.0 Å². The van der Waals surface area contributed by atoms with Gasteiger partial charge in [-0.15, -0.1) is 0 Å². The number of rotatable bonds is 8. The first-order valence-electron chi connectivity index (χ1n) is 7.28. The molecule has 2 atom stereocenters. The topological polar surface area (TPSA) is 76.0 Å². The number of hydrogen-bond donors (Lipinski definition) is 2. The summed E-state index contributed by atoms with van der Waals surface area (Å²) in [7, 11) is -3.43. The van der Waals surface area contributed by atoms with Gasteiger partial charge in [0.2, 0.25) is 10.0 Å². The number of sulfonamides is 1. The van der Waals surface area contributed by atoms with Crippen LogP contribution in [0.4, 0.5) is 0 Å². The Morgan fingerprint density at radius 2 is 1.86 bits per heavy atom. The van der Waals surface area contributed by atoms with Gasteiger partial charge in [0, 0.05) is 31.5 Å². The van der Waals surface area contributed by atoms with Crippen molar-refractivity contribution < 1.29 is 8.42 Å². The predicted molar refractivity (Wildman–Crippen MR) is 86.0 cm³/mol. The van der Waals surface area contributed by atoms with Crippen molar-refractivity contribution in [3.05, 3.63) is 48.8 Å². The number of benzene rings is 1. The molecule has 0 saturated heterocycles. The van der Waals surface area contributed by atoms with E-state index in [-0.39, 0.29) is 17.0 Å². The highest BCUT2D eigenvalue weighted by atomic mass is 32.2. The highest BCUT2D eigenvalue weighted by Gasteiger charge is 2.15. The quantitative estimate of drug-likeness (QED) is 0.720. The molecule has 22 heavy (non-hydrogen) atoms. The third-order valence-corrected chi connectivity index (χ3v) is 5.08. The summed E-state index contributed by atoms with van der Waals surface area (Å²) in [4.78, 5) is 0.285. The molecule has 1 aromatic heterocycles. The van der Waals surface area contributed by atoms with Gasteiger partial charge in [-0.2, -0.15) is 5.10 Å². The Labute approximate surface area is 131 Å². The number of aromatic nitrogens is 2. The lowest BCUT2D eigenvalue weighted by atomic mass is 10.2. The maximum absolute atomic E-state index is 12.0. The lowest BCUT2D eigenvalue weighted by molar-refractivity contribution is 0.368. The van der Waals surface area contributed by atoms with Gasteiger partial charge < -0.3 is 5.32 Å². The molecule has 2 N–H and O–H groups in total. The molecule has 0 unspecified atom stereocenters. The Bertz CT molecular complexity index is 656. The van der Waals surface area contributed by atoms with Crippen LogP contribution < -0.4 is 10.0 Å². The zero-order chi connectivity index (χ0) is 16.0. The maximum Gasteiger partial charge on any atom is 0.240 e. The highest BCUT2D eigenvalue weighted by molar-refractivity contribution is 7.89. The van der Waals surface area contributed by atoms with Gasteiger partial charge in [-0.3, -0.25) is 4.68 Å². The molecule has 0 aliphatic rings. The molecule has 1 heterocycles. The molecule has 1 aromatic carbocycles. The van der Waals surface area contributed by atoms with E-state index in [4.69, 9.17) is 0 Å². The summed E-state index contributed by atoms with van der Waals surface area (Å²) in [5.74, 6) is 0. The average Bonchev–Trinajstić information content (AvgIpc) is 3.06. The monoisotopic (exact) mass is 322 g/mol. The van der Waals surface area contributed by atoms with Crippen LogP contribution in [0.1, 0.15) is 19.9 Å². The molecular weight excluding hydrogens is 300 g/mol. The van der Waals surface area contributed by atoms with Crippen LogP contribution in [0.15, 0.2) is 53.7 Å². The molecule has 0 saturated carbocycles. The molecule has 6 nitrogen and oxygen atoms in total. The van der Waals surface area contributed by atoms with Crippen molar-refractivity contribution in [2.75, 3.05) is 13.1 Å². The Kier molecular flexibility index (Phi) is 5.70. The first kappa shape index (κ1) is 16.7. The van der Waals surface area contributed by atoms with Crippen LogP contribution in [-0.4, -0.2) is 37.3 Å². The van der Waals surface area contributed by atoms with Crippen molar-refractivity contribution in [3.8, 4) is 0 Å². The normalized spacial score (nSPS) is 14.6. The Morgan fingerprint density at radius 1 is 1.14 bits per heavy atom. The minimum Gasteiger partial charge on any atom is -0.311 e. The summed E-state index contributed by atoms with van der Waals surface area (Å²) < 4.78 is 28.6. The van der Waals surface area contributed by atoms with E-state index in [1.165, 1.54) is 0 Å². The lowest BCUT2D eigenvalue weighted by Gasteiger charge is -2.21. The van der Waals surface area contributed by atoms with Gasteiger partial charge in [-0.1, -0.05) is 18.2 Å². The van der Waals surface area contributed by atoms with Gasteiger partial charge in [0.05, 0.1) is 10.9 Å². The van der Waals surface area contributed by atoms with Crippen LogP contribution >= 0.6 is 0 Å². The Balaban J connectivity index is 1.77. The highest BCUT2D eigenvalue weighted by Crippen LogP contribution is 2.09. The van der Waals surface area contributed by atoms with E-state index in [9.17, 15) is 8.42 Å². The molecule has 0 bridgehead atoms. The van der Waals surface area contributed by atoms with Gasteiger partial charge in [-0.05, 0) is 32.0 Å². The van der Waals surface area contributed by atoms with Crippen molar-refractivity contribution in [2.24, 2.45) is 0 Å². The summed E-state index contributed by atoms with van der Waals surface area (Å²) in [6, 6.07) is 10.6. The van der Waals surface area contributed by atoms with E-state index >= 15 is 0 Å². The van der Waals surface area contributed by atoms with Gasteiger partial charge in [0.1, 0.15) is 0 Å². The van der Waals surface area contributed by atoms with Gasteiger partial charge in [-0.25, -0.2) is 13.1 Å². The maximum atomic E-state index is 12.0. The largest absolute Gasteiger partial charge is 0.311 e. The smallest absolute Gasteiger partial charge is 0.240 e. The van der Waals surface area contributed by atoms with Crippen molar-refractivity contribution >= 4 is 10.0 Å². The van der Waals surface area contributed by atoms with Crippen molar-refractivity contribution in [3.63, 3.8) is 0 Å². The molecule has 0 aliphatic heterocycles. The molecule has 120 valence electrons. The fraction of sp³-hybridized carbons (Fsp3) is 0.400. The second kappa shape index (κ2) is 7.53. The fourth-order valence-electron chi connectivity index (χ4n) is 2.09. The Morgan fingerprint density at radius 3 is 2.50 bits per heavy atom. The van der Waals surface area contributed by atoms with Crippen molar-refractivity contribution in [1.29, 1.82) is 0 Å². The Hall–Kier alpha value is -1.70. The molecular formula is C15H22N4O2S. The number of hydrogen-bond acceptors (Lipinski definition) is 4. The number of nitrogens with one attached hydrogen (secondary N) is 2. The minimum absolute atomic E-state index is 0.182. The summed E-state index contributed by atoms with van der Waals surface area (Å²) in [5.41, 5.74) is 0. The summed E-state index contributed by atoms with van der Waals surface area (Å²) in [6.45, 7) is 5.02. The molecule has 7 heteroatoms. The lowest BCUT2D eigenvalue weighted by Crippen LogP contribution is -2.39. The van der Waals surface area contributed by atoms with Crippen molar-refractivity contribution in [1.82, 2.24) is 19.8 Å². The van der Waals surface area contributed by atoms with Crippen LogP contribution in [0, 0.1) is 0 Å². The van der Waals surface area contributed by atoms with E-state index in [1.54, 1.807) is 36.5 Å². The van der Waals surface area contributed by atoms with E-state index in [1.807, 2.05) is 16.9 Å². The van der Waals surface area contributed by atoms with E-state index in [2.05, 4.69) is 29.0 Å². The molecule has 2 aromatic rings. The molecule has 0 spiro atoms. The second-order valence-electron chi connectivity index (χ2n) is 5.18. The van der Waals surface area contributed by atoms with Gasteiger partial charge >= 0.3 is 0 Å². The second-order valence-corrected chi connectivity index (χ2v) is 6.95. The van der Waals surface area contributed by atoms with E-state index in [0.29, 0.717) is 13.1 Å². The summed E-state index contributed by atoms with van der Waals surface area (Å²) >= 11 is 0. The van der Waals surface area contributed by atoms with Crippen LogP contribution in [-0.2, 0) is 10.0 Å². The standard InChI is InChI=1S/C15H22N4O2S/c1-13(14(2)19-12-6-9-17-19)16-10-11-18-22(20,21)15-7-4-3-5-8-15/h3-9,12-14,16,18H,10-11H2,1-2H3/t13-,14+/m1/s1. The average molecular weight is 322 g/mol. The predicted octanol–water partition coefficient (Wildman–Crippen LogP) is 1.40. The van der Waals surface area contributed by atoms with Crippen LogP contribution in [0.5, 0.6) is 0 Å². The first-order valence-corrected chi connectivity index (χ1v) is 8.76. The molecule has 0 amide bonds. The van der Waals surface area contributed by atoms with Gasteiger partial charge in [0.15, 0.2) is 0 Å². The fourth-order valence-corrected chi connectivity index (χ4v) is 3.14. The molecule has 2 rings (SSSR count). The first-order chi connectivity index (χ1) is 10.5. The third-order valence-electron chi connectivity index (χ3n) is 3.60. The summed E-state index contributed by atoms with van der Waals surface area (Å²) in [5, 5.41) is 7.52. The van der Waals surface area contributed by atoms with Crippen LogP contribution in [0.25, 0.3) is 0 Å². The summed E-state index contributed by atoms with van der Waals surface area (Å²) in [6.07, 6.45) is 3.66. The minimum atomic E-state index is -3.43. The van der Waals surface area contributed by atoms with Crippen molar-refractivity contribution in [2.45, 2.75) is 30.8 Å². The zero-order valence-corrected chi connectivity index (χ0v) is 13.6. The van der Waals surface area contributed by atoms with Gasteiger partial charge in [0.25, 0.3) is 0 Å². The third kappa shape index (κ3) is 4.40. The van der Waals surface area contributed by atoms with Crippen LogP contribution in [0.2, 0.25) is 0 Å². The van der Waals surface area contributed by atoms with Crippen LogP contribution in [0.3, 0.4) is 0 Å².